The van der Waals surface area contributed by atoms with Gasteiger partial charge in [0.25, 0.3) is 0 Å². The van der Waals surface area contributed by atoms with Gasteiger partial charge in [0.15, 0.2) is 15.0 Å². The van der Waals surface area contributed by atoms with Crippen LogP contribution in [-0.2, 0) is 22.1 Å². The molecule has 0 saturated carbocycles. The van der Waals surface area contributed by atoms with Crippen LogP contribution in [0.3, 0.4) is 0 Å². The maximum Gasteiger partial charge on any atom is 0.191 e. The highest BCUT2D eigenvalue weighted by molar-refractivity contribution is 7.99. The lowest BCUT2D eigenvalue weighted by molar-refractivity contribution is 0.310. The van der Waals surface area contributed by atoms with Crippen molar-refractivity contribution in [2.24, 2.45) is 0 Å². The number of rotatable bonds is 11. The van der Waals surface area contributed by atoms with Crippen LogP contribution in [-0.4, -0.2) is 35.5 Å². The average Bonchev–Trinajstić information content (AvgIpc) is 3.13. The number of sulfone groups is 1. The summed E-state index contributed by atoms with van der Waals surface area (Å²) in [4.78, 5) is 0.304. The van der Waals surface area contributed by atoms with E-state index in [4.69, 9.17) is 4.74 Å². The number of ether oxygens (including phenoxy) is 1. The van der Waals surface area contributed by atoms with Crippen molar-refractivity contribution in [2.75, 3.05) is 12.4 Å². The van der Waals surface area contributed by atoms with Crippen molar-refractivity contribution < 1.29 is 13.2 Å². The Bertz CT molecular complexity index is 1030. The number of hydrogen-bond donors (Lipinski definition) is 0. The summed E-state index contributed by atoms with van der Waals surface area (Å²) in [7, 11) is -3.44. The van der Waals surface area contributed by atoms with E-state index < -0.39 is 9.84 Å². The highest BCUT2D eigenvalue weighted by Gasteiger charge is 2.20. The van der Waals surface area contributed by atoms with E-state index in [1.54, 1.807) is 42.1 Å². The van der Waals surface area contributed by atoms with Crippen molar-refractivity contribution in [1.29, 1.82) is 0 Å². The predicted molar refractivity (Wildman–Crippen MR) is 120 cm³/mol. The summed E-state index contributed by atoms with van der Waals surface area (Å²) in [6.45, 7) is 5.33. The average molecular weight is 446 g/mol. The standard InChI is InChI=1S/C22H27N3O3S2/c1-3-25-21(17-30(26,27)20-9-5-4-6-10-20)23-24-22(25)29-16-8-7-15-28-19-13-11-18(2)12-14-19/h4-6,9-14H,3,7-8,15-17H2,1-2H3. The molecule has 2 aromatic carbocycles. The normalized spacial score (nSPS) is 11.5. The Labute approximate surface area is 182 Å². The van der Waals surface area contributed by atoms with Gasteiger partial charge in [-0.1, -0.05) is 47.7 Å². The minimum Gasteiger partial charge on any atom is -0.494 e. The number of unbranched alkanes of at least 4 members (excludes halogenated alkanes) is 1. The first-order valence-electron chi connectivity index (χ1n) is 10.0. The third kappa shape index (κ3) is 6.09. The smallest absolute Gasteiger partial charge is 0.191 e. The van der Waals surface area contributed by atoms with E-state index in [1.807, 2.05) is 35.8 Å². The molecule has 30 heavy (non-hydrogen) atoms. The Morgan fingerprint density at radius 1 is 1.00 bits per heavy atom. The van der Waals surface area contributed by atoms with Crippen molar-refractivity contribution in [3.05, 3.63) is 66.0 Å². The largest absolute Gasteiger partial charge is 0.494 e. The van der Waals surface area contributed by atoms with Crippen molar-refractivity contribution in [2.45, 2.75) is 49.0 Å². The van der Waals surface area contributed by atoms with Crippen LogP contribution in [0.25, 0.3) is 0 Å². The second-order valence-corrected chi connectivity index (χ2v) is 9.98. The van der Waals surface area contributed by atoms with Crippen LogP contribution in [0.15, 0.2) is 64.6 Å². The van der Waals surface area contributed by atoms with E-state index in [2.05, 4.69) is 17.1 Å². The van der Waals surface area contributed by atoms with E-state index in [9.17, 15) is 8.42 Å². The van der Waals surface area contributed by atoms with E-state index >= 15 is 0 Å². The summed E-state index contributed by atoms with van der Waals surface area (Å²) in [5.41, 5.74) is 1.22. The number of aromatic nitrogens is 3. The number of nitrogens with zero attached hydrogens (tertiary/aromatic N) is 3. The van der Waals surface area contributed by atoms with Gasteiger partial charge in [-0.3, -0.25) is 0 Å². The van der Waals surface area contributed by atoms with Crippen LogP contribution in [0.1, 0.15) is 31.2 Å². The molecule has 1 aromatic heterocycles. The van der Waals surface area contributed by atoms with E-state index in [0.29, 0.717) is 23.9 Å². The van der Waals surface area contributed by atoms with E-state index in [1.165, 1.54) is 5.56 Å². The van der Waals surface area contributed by atoms with Crippen LogP contribution in [0, 0.1) is 6.92 Å². The topological polar surface area (TPSA) is 74.1 Å². The molecule has 0 amide bonds. The minimum absolute atomic E-state index is 0.150. The predicted octanol–water partition coefficient (Wildman–Crippen LogP) is 4.53. The van der Waals surface area contributed by atoms with Crippen molar-refractivity contribution in [3.63, 3.8) is 0 Å². The van der Waals surface area contributed by atoms with Crippen molar-refractivity contribution in [1.82, 2.24) is 14.8 Å². The zero-order valence-corrected chi connectivity index (χ0v) is 19.0. The van der Waals surface area contributed by atoms with Gasteiger partial charge in [0.05, 0.1) is 11.5 Å². The Balaban J connectivity index is 1.49. The lowest BCUT2D eigenvalue weighted by Crippen LogP contribution is -2.11. The molecule has 0 spiro atoms. The van der Waals surface area contributed by atoms with E-state index in [0.717, 1.165) is 29.5 Å². The van der Waals surface area contributed by atoms with Gasteiger partial charge in [0, 0.05) is 12.3 Å². The highest BCUT2D eigenvalue weighted by atomic mass is 32.2. The molecule has 0 aliphatic carbocycles. The first-order valence-corrected chi connectivity index (χ1v) is 12.7. The summed E-state index contributed by atoms with van der Waals surface area (Å²) in [5, 5.41) is 9.13. The molecule has 0 atom stereocenters. The number of benzene rings is 2. The first kappa shape index (κ1) is 22.4. The Kier molecular flexibility index (Phi) is 7.93. The molecule has 0 radical (unpaired) electrons. The van der Waals surface area contributed by atoms with Gasteiger partial charge in [-0.25, -0.2) is 8.42 Å². The second-order valence-electron chi connectivity index (χ2n) is 6.93. The van der Waals surface area contributed by atoms with E-state index in [-0.39, 0.29) is 5.75 Å². The quantitative estimate of drug-likeness (QED) is 0.319. The minimum atomic E-state index is -3.44. The molecular formula is C22H27N3O3S2. The molecule has 3 aromatic rings. The molecule has 1 heterocycles. The molecule has 0 fully saturated rings. The summed E-state index contributed by atoms with van der Waals surface area (Å²) in [5.74, 6) is 2.10. The van der Waals surface area contributed by atoms with Crippen LogP contribution in [0.5, 0.6) is 5.75 Å². The fraction of sp³-hybridized carbons (Fsp3) is 0.364. The summed E-state index contributed by atoms with van der Waals surface area (Å²) in [6, 6.07) is 16.5. The van der Waals surface area contributed by atoms with Crippen LogP contribution >= 0.6 is 11.8 Å². The monoisotopic (exact) mass is 445 g/mol. The first-order chi connectivity index (χ1) is 14.5. The number of hydrogen-bond acceptors (Lipinski definition) is 6. The van der Waals surface area contributed by atoms with Crippen LogP contribution in [0.2, 0.25) is 0 Å². The molecule has 0 N–H and O–H groups in total. The number of thioether (sulfide) groups is 1. The second kappa shape index (κ2) is 10.6. The lowest BCUT2D eigenvalue weighted by Gasteiger charge is -2.08. The molecule has 3 rings (SSSR count). The van der Waals surface area contributed by atoms with Gasteiger partial charge < -0.3 is 9.30 Å². The SMILES string of the molecule is CCn1c(CS(=O)(=O)c2ccccc2)nnc1SCCCCOc1ccc(C)cc1. The fourth-order valence-electron chi connectivity index (χ4n) is 2.92. The zero-order chi connectivity index (χ0) is 21.4. The maximum absolute atomic E-state index is 12.6. The zero-order valence-electron chi connectivity index (χ0n) is 17.3. The molecule has 0 bridgehead atoms. The van der Waals surface area contributed by atoms with Gasteiger partial charge in [0.2, 0.25) is 0 Å². The Hall–Kier alpha value is -2.32. The van der Waals surface area contributed by atoms with Crippen molar-refractivity contribution in [3.8, 4) is 5.75 Å². The number of aryl methyl sites for hydroxylation is 1. The fourth-order valence-corrected chi connectivity index (χ4v) is 5.24. The lowest BCUT2D eigenvalue weighted by atomic mass is 10.2. The van der Waals surface area contributed by atoms with Crippen LogP contribution < -0.4 is 4.74 Å². The molecule has 0 unspecified atom stereocenters. The van der Waals surface area contributed by atoms with Gasteiger partial charge >= 0.3 is 0 Å². The third-order valence-corrected chi connectivity index (χ3v) is 7.27. The van der Waals surface area contributed by atoms with Gasteiger partial charge in [-0.15, -0.1) is 10.2 Å². The molecule has 0 saturated heterocycles. The molecule has 160 valence electrons. The Morgan fingerprint density at radius 2 is 1.73 bits per heavy atom. The summed E-state index contributed by atoms with van der Waals surface area (Å²) >= 11 is 1.60. The summed E-state index contributed by atoms with van der Waals surface area (Å²) in [6.07, 6.45) is 1.92. The van der Waals surface area contributed by atoms with Gasteiger partial charge in [-0.2, -0.15) is 0 Å². The maximum atomic E-state index is 12.6. The molecule has 6 nitrogen and oxygen atoms in total. The van der Waals surface area contributed by atoms with Crippen molar-refractivity contribution >= 4 is 21.6 Å². The van der Waals surface area contributed by atoms with Gasteiger partial charge in [-0.05, 0) is 51.0 Å². The van der Waals surface area contributed by atoms with Crippen LogP contribution in [0.4, 0.5) is 0 Å². The molecule has 0 aliphatic rings. The molecular weight excluding hydrogens is 418 g/mol. The van der Waals surface area contributed by atoms with Gasteiger partial charge in [0.1, 0.15) is 17.3 Å². The third-order valence-electron chi connectivity index (χ3n) is 4.59. The molecule has 0 aliphatic heterocycles. The Morgan fingerprint density at radius 3 is 2.43 bits per heavy atom. The highest BCUT2D eigenvalue weighted by Crippen LogP contribution is 2.22. The summed E-state index contributed by atoms with van der Waals surface area (Å²) < 4.78 is 32.9. The molecule has 8 heteroatoms.